The minimum Gasteiger partial charge on any atom is -0.309 e. The van der Waals surface area contributed by atoms with Gasteiger partial charge >= 0.3 is 0 Å². The molecule has 0 N–H and O–H groups in total. The Morgan fingerprint density at radius 3 is 1.92 bits per heavy atom. The number of anilines is 3. The fraction of sp³-hybridized carbons (Fsp3) is 0. The third-order valence-electron chi connectivity index (χ3n) is 7.44. The van der Waals surface area contributed by atoms with Crippen LogP contribution in [0.5, 0.6) is 0 Å². The van der Waals surface area contributed by atoms with Crippen molar-refractivity contribution < 1.29 is 0 Å². The highest BCUT2D eigenvalue weighted by Crippen LogP contribution is 2.54. The normalized spacial score (nSPS) is 12.2. The third-order valence-corrected chi connectivity index (χ3v) is 7.44. The first-order valence-electron chi connectivity index (χ1n) is 12.0. The Kier molecular flexibility index (Phi) is 3.74. The van der Waals surface area contributed by atoms with E-state index in [2.05, 4.69) is 93.7 Å². The molecular formula is C32H15N5. The number of aromatic nitrogens is 2. The minimum atomic E-state index is 0.0551. The van der Waals surface area contributed by atoms with Gasteiger partial charge in [0.2, 0.25) is 0 Å². The van der Waals surface area contributed by atoms with Crippen LogP contribution in [0.15, 0.2) is 91.0 Å². The zero-order chi connectivity index (χ0) is 24.7. The third kappa shape index (κ3) is 2.45. The molecule has 37 heavy (non-hydrogen) atoms. The summed E-state index contributed by atoms with van der Waals surface area (Å²) >= 11 is 0. The van der Waals surface area contributed by atoms with Gasteiger partial charge in [-0.3, -0.25) is 0 Å². The maximum absolute atomic E-state index is 9.54. The van der Waals surface area contributed by atoms with Gasteiger partial charge in [0.05, 0.1) is 28.5 Å². The Morgan fingerprint density at radius 2 is 1.14 bits per heavy atom. The molecule has 0 saturated heterocycles. The van der Waals surface area contributed by atoms with E-state index in [1.807, 2.05) is 24.3 Å². The van der Waals surface area contributed by atoms with Crippen molar-refractivity contribution in [1.29, 1.82) is 10.5 Å². The standard InChI is InChI=1S/C32H15N5/c33-16-24-25(17-34)36-32-23-14-15-27(21-10-5-11-22(30(21)23)31(32)35-24)37-26-12-2-1-8-19(26)20-9-3-6-18-7-4-13-28(37)29(18)20/h1-15H. The predicted octanol–water partition coefficient (Wildman–Crippen LogP) is 7.62. The molecule has 0 fully saturated rings. The van der Waals surface area contributed by atoms with Gasteiger partial charge in [0, 0.05) is 32.8 Å². The number of rotatable bonds is 1. The van der Waals surface area contributed by atoms with Crippen LogP contribution >= 0.6 is 0 Å². The SMILES string of the molecule is N#Cc1nc2c(nc1C#N)-c1ccc(N3c4ccccc4-c4cccc5cccc3c45)c3cccc-2c13. The lowest BCUT2D eigenvalue weighted by atomic mass is 9.90. The first-order valence-corrected chi connectivity index (χ1v) is 12.0. The van der Waals surface area contributed by atoms with Crippen molar-refractivity contribution in [3.05, 3.63) is 102 Å². The van der Waals surface area contributed by atoms with Crippen molar-refractivity contribution in [2.45, 2.75) is 0 Å². The number of hydrogen-bond donors (Lipinski definition) is 0. The van der Waals surface area contributed by atoms with E-state index in [4.69, 9.17) is 0 Å². The Morgan fingerprint density at radius 1 is 0.514 bits per heavy atom. The van der Waals surface area contributed by atoms with E-state index in [-0.39, 0.29) is 11.4 Å². The lowest BCUT2D eigenvalue weighted by Crippen LogP contribution is -2.15. The Balaban J connectivity index is 1.47. The van der Waals surface area contributed by atoms with Crippen LogP contribution in [0.25, 0.3) is 55.2 Å². The molecule has 8 rings (SSSR count). The molecule has 6 aromatic rings. The van der Waals surface area contributed by atoms with Gasteiger partial charge in [-0.2, -0.15) is 10.5 Å². The van der Waals surface area contributed by atoms with Gasteiger partial charge in [-0.25, -0.2) is 9.97 Å². The van der Waals surface area contributed by atoms with Crippen molar-refractivity contribution in [2.75, 3.05) is 4.90 Å². The van der Waals surface area contributed by atoms with E-state index in [1.54, 1.807) is 0 Å². The Bertz CT molecular complexity index is 2020. The smallest absolute Gasteiger partial charge is 0.177 e. The summed E-state index contributed by atoms with van der Waals surface area (Å²) in [5.74, 6) is 0. The molecule has 2 aliphatic rings. The van der Waals surface area contributed by atoms with E-state index in [0.717, 1.165) is 39.0 Å². The van der Waals surface area contributed by atoms with Crippen LogP contribution in [0.2, 0.25) is 0 Å². The molecule has 0 atom stereocenters. The summed E-state index contributed by atoms with van der Waals surface area (Å²) in [6.45, 7) is 0. The Labute approximate surface area is 212 Å². The second-order valence-corrected chi connectivity index (χ2v) is 9.24. The highest BCUT2D eigenvalue weighted by atomic mass is 15.2. The highest BCUT2D eigenvalue weighted by Gasteiger charge is 2.31. The van der Waals surface area contributed by atoms with Crippen molar-refractivity contribution in [2.24, 2.45) is 0 Å². The maximum atomic E-state index is 9.54. The van der Waals surface area contributed by atoms with Crippen LogP contribution in [0.3, 0.4) is 0 Å². The number of nitriles is 2. The zero-order valence-electron chi connectivity index (χ0n) is 19.4. The van der Waals surface area contributed by atoms with Gasteiger partial charge in [-0.15, -0.1) is 0 Å². The van der Waals surface area contributed by atoms with Gasteiger partial charge in [0.25, 0.3) is 0 Å². The summed E-state index contributed by atoms with van der Waals surface area (Å²) in [5, 5.41) is 23.6. The van der Waals surface area contributed by atoms with Crippen molar-refractivity contribution in [3.63, 3.8) is 0 Å². The number of para-hydroxylation sites is 1. The van der Waals surface area contributed by atoms with Gasteiger partial charge in [0.1, 0.15) is 12.1 Å². The van der Waals surface area contributed by atoms with Crippen LogP contribution in [0.1, 0.15) is 11.4 Å². The minimum absolute atomic E-state index is 0.0551. The van der Waals surface area contributed by atoms with Crippen LogP contribution < -0.4 is 4.90 Å². The largest absolute Gasteiger partial charge is 0.309 e. The predicted molar refractivity (Wildman–Crippen MR) is 145 cm³/mol. The molecule has 0 saturated carbocycles. The van der Waals surface area contributed by atoms with Crippen molar-refractivity contribution >= 4 is 38.6 Å². The van der Waals surface area contributed by atoms with Gasteiger partial charge in [-0.1, -0.05) is 66.7 Å². The lowest BCUT2D eigenvalue weighted by Gasteiger charge is -2.34. The fourth-order valence-electron chi connectivity index (χ4n) is 5.97. The maximum Gasteiger partial charge on any atom is 0.177 e. The first kappa shape index (κ1) is 19.8. The highest BCUT2D eigenvalue weighted by molar-refractivity contribution is 6.20. The lowest BCUT2D eigenvalue weighted by molar-refractivity contribution is 1.15. The molecule has 5 heteroatoms. The average Bonchev–Trinajstić information content (AvgIpc) is 3.27. The zero-order valence-corrected chi connectivity index (χ0v) is 19.4. The van der Waals surface area contributed by atoms with E-state index < -0.39 is 0 Å². The van der Waals surface area contributed by atoms with Gasteiger partial charge in [0.15, 0.2) is 11.4 Å². The van der Waals surface area contributed by atoms with Gasteiger partial charge < -0.3 is 4.90 Å². The Hall–Kier alpha value is -5.52. The molecule has 5 nitrogen and oxygen atoms in total. The van der Waals surface area contributed by atoms with E-state index in [1.165, 1.54) is 21.9 Å². The number of nitrogens with zero attached hydrogens (tertiary/aromatic N) is 5. The molecule has 1 aliphatic heterocycles. The van der Waals surface area contributed by atoms with Crippen LogP contribution in [-0.2, 0) is 0 Å². The second kappa shape index (κ2) is 7.01. The summed E-state index contributed by atoms with van der Waals surface area (Å²) in [5.41, 5.74) is 9.03. The number of benzene rings is 5. The second-order valence-electron chi connectivity index (χ2n) is 9.24. The molecule has 0 spiro atoms. The molecule has 0 bridgehead atoms. The molecule has 1 aromatic heterocycles. The first-order chi connectivity index (χ1) is 18.3. The molecule has 0 unspecified atom stereocenters. The molecule has 168 valence electrons. The topological polar surface area (TPSA) is 76.6 Å². The van der Waals surface area contributed by atoms with Crippen LogP contribution in [0, 0.1) is 22.7 Å². The molecule has 2 heterocycles. The summed E-state index contributed by atoms with van der Waals surface area (Å²) in [7, 11) is 0. The van der Waals surface area contributed by atoms with Crippen molar-refractivity contribution in [1.82, 2.24) is 9.97 Å². The van der Waals surface area contributed by atoms with Gasteiger partial charge in [-0.05, 0) is 35.2 Å². The molecule has 1 aliphatic carbocycles. The molecule has 5 aromatic carbocycles. The quantitative estimate of drug-likeness (QED) is 0.247. The summed E-state index contributed by atoms with van der Waals surface area (Å²) in [4.78, 5) is 11.5. The monoisotopic (exact) mass is 469 g/mol. The number of fused-ring (bicyclic) bond motifs is 5. The average molecular weight is 470 g/mol. The summed E-state index contributed by atoms with van der Waals surface area (Å²) in [6, 6.07) is 35.9. The van der Waals surface area contributed by atoms with Crippen molar-refractivity contribution in [3.8, 4) is 45.8 Å². The molecular weight excluding hydrogens is 454 g/mol. The van der Waals surface area contributed by atoms with E-state index in [9.17, 15) is 10.5 Å². The van der Waals surface area contributed by atoms with E-state index in [0.29, 0.717) is 11.4 Å². The van der Waals surface area contributed by atoms with Crippen LogP contribution in [0.4, 0.5) is 17.1 Å². The molecule has 0 radical (unpaired) electrons. The summed E-state index contributed by atoms with van der Waals surface area (Å²) in [6.07, 6.45) is 0. The molecule has 0 amide bonds. The fourth-order valence-corrected chi connectivity index (χ4v) is 5.97. The summed E-state index contributed by atoms with van der Waals surface area (Å²) < 4.78 is 0. The van der Waals surface area contributed by atoms with Crippen LogP contribution in [-0.4, -0.2) is 9.97 Å². The van der Waals surface area contributed by atoms with E-state index >= 15 is 0 Å². The number of hydrogen-bond acceptors (Lipinski definition) is 5.